The first-order valence-corrected chi connectivity index (χ1v) is 5.47. The molecule has 1 aliphatic rings. The Hall–Kier alpha value is -0.730. The second-order valence-electron chi connectivity index (χ2n) is 4.82. The fourth-order valence-corrected chi connectivity index (χ4v) is 2.16. The number of carbonyl (C=O) groups is 1. The number of nitrogens with one attached hydrogen (secondary N) is 1. The van der Waals surface area contributed by atoms with Gasteiger partial charge in [-0.1, -0.05) is 20.3 Å². The molecule has 3 nitrogen and oxygen atoms in total. The average Bonchev–Trinajstić information content (AvgIpc) is 2.02. The molecular formula is C11H21NO2. The van der Waals surface area contributed by atoms with Crippen molar-refractivity contribution in [1.29, 1.82) is 0 Å². The van der Waals surface area contributed by atoms with Crippen LogP contribution in [0.25, 0.3) is 0 Å². The minimum absolute atomic E-state index is 0.268. The van der Waals surface area contributed by atoms with Gasteiger partial charge in [-0.25, -0.2) is 4.79 Å². The van der Waals surface area contributed by atoms with E-state index < -0.39 is 0 Å². The fourth-order valence-electron chi connectivity index (χ4n) is 2.16. The highest BCUT2D eigenvalue weighted by Gasteiger charge is 2.28. The van der Waals surface area contributed by atoms with Gasteiger partial charge in [0.15, 0.2) is 0 Å². The summed E-state index contributed by atoms with van der Waals surface area (Å²) in [5.41, 5.74) is 0.364. The molecule has 0 spiro atoms. The van der Waals surface area contributed by atoms with E-state index in [2.05, 4.69) is 19.2 Å². The van der Waals surface area contributed by atoms with Crippen molar-refractivity contribution >= 4 is 6.09 Å². The van der Waals surface area contributed by atoms with Crippen LogP contribution in [0, 0.1) is 5.41 Å². The Morgan fingerprint density at radius 1 is 1.57 bits per heavy atom. The third-order valence-electron chi connectivity index (χ3n) is 2.80. The topological polar surface area (TPSA) is 38.3 Å². The van der Waals surface area contributed by atoms with Crippen molar-refractivity contribution in [3.05, 3.63) is 0 Å². The van der Waals surface area contributed by atoms with Crippen molar-refractivity contribution in [1.82, 2.24) is 5.32 Å². The highest BCUT2D eigenvalue weighted by Crippen LogP contribution is 2.34. The van der Waals surface area contributed by atoms with Crippen molar-refractivity contribution in [3.8, 4) is 0 Å². The molecule has 14 heavy (non-hydrogen) atoms. The Labute approximate surface area is 86.2 Å². The SMILES string of the molecule is CCOC(=O)NC1CCCC(C)(C)C1. The summed E-state index contributed by atoms with van der Waals surface area (Å²) >= 11 is 0. The highest BCUT2D eigenvalue weighted by molar-refractivity contribution is 5.67. The van der Waals surface area contributed by atoms with Gasteiger partial charge in [-0.3, -0.25) is 0 Å². The summed E-state index contributed by atoms with van der Waals surface area (Å²) in [6.07, 6.45) is 4.33. The van der Waals surface area contributed by atoms with E-state index in [4.69, 9.17) is 4.74 Å². The van der Waals surface area contributed by atoms with Crippen LogP contribution in [0.15, 0.2) is 0 Å². The molecule has 1 aliphatic carbocycles. The van der Waals surface area contributed by atoms with Gasteiger partial charge < -0.3 is 10.1 Å². The fraction of sp³-hybridized carbons (Fsp3) is 0.909. The average molecular weight is 199 g/mol. The van der Waals surface area contributed by atoms with Crippen LogP contribution in [0.2, 0.25) is 0 Å². The molecule has 0 aromatic heterocycles. The van der Waals surface area contributed by atoms with E-state index in [9.17, 15) is 4.79 Å². The van der Waals surface area contributed by atoms with Gasteiger partial charge in [0.2, 0.25) is 0 Å². The normalized spacial score (nSPS) is 25.5. The molecule has 1 N–H and O–H groups in total. The number of amides is 1. The van der Waals surface area contributed by atoms with Crippen LogP contribution in [0.1, 0.15) is 46.5 Å². The van der Waals surface area contributed by atoms with Gasteiger partial charge in [-0.15, -0.1) is 0 Å². The number of carbonyl (C=O) groups excluding carboxylic acids is 1. The lowest BCUT2D eigenvalue weighted by atomic mass is 9.75. The van der Waals surface area contributed by atoms with Crippen LogP contribution in [-0.2, 0) is 4.74 Å². The third kappa shape index (κ3) is 3.56. The monoisotopic (exact) mass is 199 g/mol. The summed E-state index contributed by atoms with van der Waals surface area (Å²) in [6.45, 7) is 6.78. The van der Waals surface area contributed by atoms with E-state index in [0.717, 1.165) is 12.8 Å². The zero-order valence-corrected chi connectivity index (χ0v) is 9.43. The number of hydrogen-bond acceptors (Lipinski definition) is 2. The summed E-state index contributed by atoms with van der Waals surface area (Å²) in [5, 5.41) is 2.91. The first kappa shape index (κ1) is 11.3. The van der Waals surface area contributed by atoms with E-state index in [1.165, 1.54) is 12.8 Å². The van der Waals surface area contributed by atoms with Gasteiger partial charge >= 0.3 is 6.09 Å². The molecule has 1 unspecified atom stereocenters. The van der Waals surface area contributed by atoms with E-state index >= 15 is 0 Å². The molecule has 0 saturated heterocycles. The van der Waals surface area contributed by atoms with Crippen molar-refractivity contribution in [2.45, 2.75) is 52.5 Å². The minimum Gasteiger partial charge on any atom is -0.450 e. The Morgan fingerprint density at radius 2 is 2.29 bits per heavy atom. The van der Waals surface area contributed by atoms with Gasteiger partial charge in [0.1, 0.15) is 0 Å². The third-order valence-corrected chi connectivity index (χ3v) is 2.80. The molecule has 0 radical (unpaired) electrons. The van der Waals surface area contributed by atoms with Gasteiger partial charge in [-0.05, 0) is 31.6 Å². The van der Waals surface area contributed by atoms with Crippen molar-refractivity contribution in [2.75, 3.05) is 6.61 Å². The highest BCUT2D eigenvalue weighted by atomic mass is 16.5. The Kier molecular flexibility index (Phi) is 3.78. The molecule has 1 amide bonds. The molecule has 1 fully saturated rings. The van der Waals surface area contributed by atoms with Crippen molar-refractivity contribution < 1.29 is 9.53 Å². The first-order valence-electron chi connectivity index (χ1n) is 5.47. The van der Waals surface area contributed by atoms with E-state index in [1.807, 2.05) is 6.92 Å². The lowest BCUT2D eigenvalue weighted by Crippen LogP contribution is -2.40. The summed E-state index contributed by atoms with van der Waals surface area (Å²) in [6, 6.07) is 0.304. The molecule has 0 heterocycles. The Bertz CT molecular complexity index is 201. The number of rotatable bonds is 2. The number of ether oxygens (including phenoxy) is 1. The molecule has 3 heteroatoms. The molecular weight excluding hydrogens is 178 g/mol. The first-order chi connectivity index (χ1) is 6.53. The molecule has 1 rings (SSSR count). The van der Waals surface area contributed by atoms with E-state index in [1.54, 1.807) is 0 Å². The molecule has 1 saturated carbocycles. The summed E-state index contributed by atoms with van der Waals surface area (Å²) in [5.74, 6) is 0. The van der Waals surface area contributed by atoms with Gasteiger partial charge in [0.25, 0.3) is 0 Å². The quantitative estimate of drug-likeness (QED) is 0.742. The Balaban J connectivity index is 2.34. The standard InChI is InChI=1S/C11H21NO2/c1-4-14-10(13)12-9-6-5-7-11(2,3)8-9/h9H,4-8H2,1-3H3,(H,12,13). The Morgan fingerprint density at radius 3 is 2.86 bits per heavy atom. The van der Waals surface area contributed by atoms with Crippen LogP contribution in [0.3, 0.4) is 0 Å². The van der Waals surface area contributed by atoms with Crippen LogP contribution in [0.4, 0.5) is 4.79 Å². The second-order valence-corrected chi connectivity index (χ2v) is 4.82. The van der Waals surface area contributed by atoms with Gasteiger partial charge in [-0.2, -0.15) is 0 Å². The van der Waals surface area contributed by atoms with Crippen LogP contribution < -0.4 is 5.32 Å². The molecule has 82 valence electrons. The zero-order valence-electron chi connectivity index (χ0n) is 9.43. The van der Waals surface area contributed by atoms with Gasteiger partial charge in [0.05, 0.1) is 6.61 Å². The molecule has 0 aromatic carbocycles. The zero-order chi connectivity index (χ0) is 10.6. The van der Waals surface area contributed by atoms with Crippen molar-refractivity contribution in [3.63, 3.8) is 0 Å². The lowest BCUT2D eigenvalue weighted by molar-refractivity contribution is 0.134. The van der Waals surface area contributed by atoms with Crippen LogP contribution in [0.5, 0.6) is 0 Å². The van der Waals surface area contributed by atoms with E-state index in [-0.39, 0.29) is 6.09 Å². The maximum absolute atomic E-state index is 11.2. The van der Waals surface area contributed by atoms with Gasteiger partial charge in [0, 0.05) is 6.04 Å². The summed E-state index contributed by atoms with van der Waals surface area (Å²) < 4.78 is 4.86. The largest absolute Gasteiger partial charge is 0.450 e. The number of hydrogen-bond donors (Lipinski definition) is 1. The van der Waals surface area contributed by atoms with E-state index in [0.29, 0.717) is 18.1 Å². The second kappa shape index (κ2) is 4.67. The predicted molar refractivity (Wildman–Crippen MR) is 56.2 cm³/mol. The molecule has 1 atom stereocenters. The maximum atomic E-state index is 11.2. The smallest absolute Gasteiger partial charge is 0.407 e. The van der Waals surface area contributed by atoms with Crippen molar-refractivity contribution in [2.24, 2.45) is 5.41 Å². The molecule has 0 aliphatic heterocycles. The maximum Gasteiger partial charge on any atom is 0.407 e. The van der Waals surface area contributed by atoms with Crippen LogP contribution >= 0.6 is 0 Å². The summed E-state index contributed by atoms with van der Waals surface area (Å²) in [7, 11) is 0. The number of alkyl carbamates (subject to hydrolysis) is 1. The summed E-state index contributed by atoms with van der Waals surface area (Å²) in [4.78, 5) is 11.2. The predicted octanol–water partition coefficient (Wildman–Crippen LogP) is 2.70. The molecule has 0 bridgehead atoms. The molecule has 0 aromatic rings. The van der Waals surface area contributed by atoms with Crippen LogP contribution in [-0.4, -0.2) is 18.7 Å². The minimum atomic E-state index is -0.268. The lowest BCUT2D eigenvalue weighted by Gasteiger charge is -2.35.